The second kappa shape index (κ2) is 6.00. The van der Waals surface area contributed by atoms with Crippen LogP contribution in [0.2, 0.25) is 1.41 Å². The van der Waals surface area contributed by atoms with Crippen molar-refractivity contribution in [2.24, 2.45) is 11.6 Å². The lowest BCUT2D eigenvalue weighted by Crippen LogP contribution is -2.35. The van der Waals surface area contributed by atoms with Crippen molar-refractivity contribution in [3.63, 3.8) is 0 Å². The quantitative estimate of drug-likeness (QED) is 0.650. The molecule has 5 heteroatoms. The second-order valence-electron chi connectivity index (χ2n) is 3.85. The van der Waals surface area contributed by atoms with Gasteiger partial charge in [0.2, 0.25) is 0 Å². The summed E-state index contributed by atoms with van der Waals surface area (Å²) in [5.74, 6) is -3.10. The third-order valence-electron chi connectivity index (χ3n) is 2.49. The molecule has 0 heterocycles. The first kappa shape index (κ1) is 11.6. The summed E-state index contributed by atoms with van der Waals surface area (Å²) in [4.78, 5) is 21.9. The Hall–Kier alpha value is -1.88. The third-order valence-corrected chi connectivity index (χ3v) is 2.49. The molecule has 0 spiro atoms. The molecule has 2 atom stereocenters. The van der Waals surface area contributed by atoms with Crippen LogP contribution < -0.4 is 5.73 Å². The predicted octanol–water partition coefficient (Wildman–Crippen LogP) is 0.732. The van der Waals surface area contributed by atoms with Gasteiger partial charge in [0.25, 0.3) is 0 Å². The fraction of sp³-hybridized carbons (Fsp3) is 0.333. The molecule has 0 amide bonds. The van der Waals surface area contributed by atoms with E-state index in [-0.39, 0.29) is 12.8 Å². The Labute approximate surface area is 100 Å². The maximum atomic E-state index is 11.1. The molecule has 1 rings (SSSR count). The van der Waals surface area contributed by atoms with Crippen LogP contribution in [0.4, 0.5) is 0 Å². The van der Waals surface area contributed by atoms with Gasteiger partial charge in [-0.15, -0.1) is 0 Å². The highest BCUT2D eigenvalue weighted by atomic mass is 16.4. The largest absolute Gasteiger partial charge is 0.481 e. The number of rotatable bonds is 7. The topological polar surface area (TPSA) is 101 Å². The fourth-order valence-electron chi connectivity index (χ4n) is 1.56. The van der Waals surface area contributed by atoms with Crippen LogP contribution in [0.1, 0.15) is 12.0 Å². The summed E-state index contributed by atoms with van der Waals surface area (Å²) in [5, 5.41) is 17.9. The molecule has 0 aliphatic carbocycles. The van der Waals surface area contributed by atoms with Crippen molar-refractivity contribution in [3.05, 3.63) is 35.9 Å². The summed E-state index contributed by atoms with van der Waals surface area (Å²) in [7, 11) is 0. The van der Waals surface area contributed by atoms with Gasteiger partial charge in [0.1, 0.15) is 7.45 Å². The van der Waals surface area contributed by atoms with E-state index < -0.39 is 23.9 Å². The minimum Gasteiger partial charge on any atom is -0.481 e. The van der Waals surface area contributed by atoms with E-state index in [1.807, 2.05) is 11.8 Å². The van der Waals surface area contributed by atoms with Gasteiger partial charge in [-0.1, -0.05) is 30.3 Å². The maximum absolute atomic E-state index is 11.1. The summed E-state index contributed by atoms with van der Waals surface area (Å²) in [6.45, 7) is 0. The lowest BCUT2D eigenvalue weighted by Gasteiger charge is -2.14. The minimum atomic E-state index is -1.22. The maximum Gasteiger partial charge on any atom is 0.320 e. The molecule has 0 fully saturated rings. The molecule has 0 saturated heterocycles. The van der Waals surface area contributed by atoms with Gasteiger partial charge in [-0.3, -0.25) is 9.59 Å². The van der Waals surface area contributed by atoms with Crippen LogP contribution in [0.15, 0.2) is 30.3 Å². The Morgan fingerprint density at radius 3 is 2.35 bits per heavy atom. The van der Waals surface area contributed by atoms with Gasteiger partial charge in [-0.05, 0) is 18.4 Å². The monoisotopic (exact) mass is 238 g/mol. The van der Waals surface area contributed by atoms with E-state index in [0.717, 1.165) is 5.56 Å². The standard InChI is InChI=1S/C12H15NO4/c13-10(12(16)17)7-9(11(14)15)6-8-4-2-1-3-5-8/h1-5,9-10H,6-7,13H2,(H,14,15)(H,16,17)/t9?,10-/m0/s1/i/hD. The highest BCUT2D eigenvalue weighted by molar-refractivity contribution is 5.76. The van der Waals surface area contributed by atoms with Crippen molar-refractivity contribution < 1.29 is 21.2 Å². The summed E-state index contributed by atoms with van der Waals surface area (Å²) in [6.07, 6.45) is 0.130. The normalized spacial score (nSPS) is 14.7. The molecule has 0 aliphatic rings. The molecular weight excluding hydrogens is 222 g/mol. The lowest BCUT2D eigenvalue weighted by molar-refractivity contribution is -0.143. The average molecular weight is 238 g/mol. The number of carboxylic acid groups (broad SMARTS) is 2. The molecule has 5 nitrogen and oxygen atoms in total. The van der Waals surface area contributed by atoms with Crippen molar-refractivity contribution in [1.29, 1.82) is 0 Å². The number of carbonyl (C=O) groups is 2. The van der Waals surface area contributed by atoms with Crippen LogP contribution in [0.3, 0.4) is 0 Å². The summed E-state index contributed by atoms with van der Waals surface area (Å²) >= 11 is 0. The molecule has 1 aromatic rings. The van der Waals surface area contributed by atoms with E-state index in [2.05, 4.69) is 0 Å². The highest BCUT2D eigenvalue weighted by Gasteiger charge is 2.24. The summed E-state index contributed by atoms with van der Waals surface area (Å²) < 4.78 is 6.88. The first-order chi connectivity index (χ1) is 8.54. The van der Waals surface area contributed by atoms with Gasteiger partial charge in [-0.25, -0.2) is 0 Å². The van der Waals surface area contributed by atoms with Gasteiger partial charge < -0.3 is 15.9 Å². The molecule has 4 N–H and O–H groups in total. The molecule has 17 heavy (non-hydrogen) atoms. The van der Waals surface area contributed by atoms with Crippen LogP contribution in [0.25, 0.3) is 0 Å². The minimum absolute atomic E-state index is 0.122. The third kappa shape index (κ3) is 4.24. The zero-order valence-electron chi connectivity index (χ0n) is 10.2. The van der Waals surface area contributed by atoms with Crippen molar-refractivity contribution in [2.45, 2.75) is 18.9 Å². The Morgan fingerprint density at radius 2 is 1.88 bits per heavy atom. The van der Waals surface area contributed by atoms with Gasteiger partial charge in [-0.2, -0.15) is 0 Å². The molecular formula is C12H15NO4. The smallest absolute Gasteiger partial charge is 0.320 e. The Balaban J connectivity index is 2.72. The first-order valence-corrected chi connectivity index (χ1v) is 5.21. The van der Waals surface area contributed by atoms with E-state index in [4.69, 9.17) is 11.6 Å². The van der Waals surface area contributed by atoms with Gasteiger partial charge in [0.05, 0.1) is 5.92 Å². The average Bonchev–Trinajstić information content (AvgIpc) is 2.34. The number of nitrogens with two attached hydrogens (primary N) is 1. The number of aliphatic carboxylic acids is 2. The zero-order valence-corrected chi connectivity index (χ0v) is 9.17. The van der Waals surface area contributed by atoms with Crippen molar-refractivity contribution >= 4 is 11.9 Å². The summed E-state index contributed by atoms with van der Waals surface area (Å²) in [5.41, 5.74) is 2.69. The van der Waals surface area contributed by atoms with Crippen LogP contribution >= 0.6 is 0 Å². The number of hydrogen-bond donors (Lipinski definition) is 3. The molecule has 1 aromatic carbocycles. The van der Waals surface area contributed by atoms with Gasteiger partial charge in [0.15, 0.2) is 0 Å². The Kier molecular flexibility index (Phi) is 4.10. The molecule has 0 aromatic heterocycles. The number of carboxylic acids is 2. The predicted molar refractivity (Wildman–Crippen MR) is 61.5 cm³/mol. The number of hydrogen-bond acceptors (Lipinski definition) is 3. The van der Waals surface area contributed by atoms with E-state index in [9.17, 15) is 9.59 Å². The lowest BCUT2D eigenvalue weighted by atomic mass is 9.93. The van der Waals surface area contributed by atoms with E-state index in [0.29, 0.717) is 0 Å². The summed E-state index contributed by atoms with van der Waals surface area (Å²) in [6, 6.07) is 7.83. The molecule has 92 valence electrons. The molecule has 1 unspecified atom stereocenters. The van der Waals surface area contributed by atoms with Crippen molar-refractivity contribution in [1.82, 2.24) is 0 Å². The van der Waals surface area contributed by atoms with Crippen LogP contribution in [-0.2, 0) is 16.0 Å². The Bertz CT molecular complexity index is 410. The molecule has 0 radical (unpaired) electrons. The zero-order chi connectivity index (χ0) is 13.5. The van der Waals surface area contributed by atoms with Crippen LogP contribution in [0.5, 0.6) is 0 Å². The second-order valence-corrected chi connectivity index (χ2v) is 3.85. The molecule has 0 aliphatic heterocycles. The number of benzene rings is 1. The van der Waals surface area contributed by atoms with E-state index in [1.165, 1.54) is 0 Å². The Morgan fingerprint density at radius 1 is 1.24 bits per heavy atom. The van der Waals surface area contributed by atoms with Gasteiger partial charge >= 0.3 is 11.9 Å². The van der Waals surface area contributed by atoms with E-state index >= 15 is 0 Å². The van der Waals surface area contributed by atoms with E-state index in [1.54, 1.807) is 24.3 Å². The SMILES string of the molecule is [2H]N[C@@H](CC(Cc1ccccc1)C(=O)O)C(=O)O. The van der Waals surface area contributed by atoms with Crippen molar-refractivity contribution in [2.75, 3.05) is 0 Å². The van der Waals surface area contributed by atoms with Crippen LogP contribution in [-0.4, -0.2) is 28.2 Å². The highest BCUT2D eigenvalue weighted by Crippen LogP contribution is 2.14. The van der Waals surface area contributed by atoms with Crippen LogP contribution in [0, 0.1) is 5.92 Å². The first-order valence-electron chi connectivity index (χ1n) is 5.71. The molecule has 0 bridgehead atoms. The molecule has 0 saturated carbocycles. The van der Waals surface area contributed by atoms with Gasteiger partial charge in [0, 0.05) is 0 Å². The van der Waals surface area contributed by atoms with Crippen molar-refractivity contribution in [3.8, 4) is 0 Å². The fourth-order valence-corrected chi connectivity index (χ4v) is 1.56.